The molecule has 438 valence electrons. The Morgan fingerprint density at radius 2 is 0.519 bits per heavy atom. The number of rotatable bonds is 57. The molecule has 0 aromatic carbocycles. The highest BCUT2D eigenvalue weighted by Crippen LogP contribution is 2.16. The van der Waals surface area contributed by atoms with Gasteiger partial charge in [-0.2, -0.15) is 0 Å². The number of carbonyl (C=O) groups is 3. The molecular weight excluding hydrogens is 949 g/mol. The van der Waals surface area contributed by atoms with E-state index in [0.29, 0.717) is 19.3 Å². The lowest BCUT2D eigenvalue weighted by molar-refractivity contribution is -0.167. The van der Waals surface area contributed by atoms with Crippen LogP contribution in [0.15, 0.2) is 122 Å². The number of unbranched alkanes of at least 4 members (excludes halogenated alkanes) is 26. The number of hydrogen-bond donors (Lipinski definition) is 0. The van der Waals surface area contributed by atoms with Crippen molar-refractivity contribution in [3.8, 4) is 0 Å². The minimum Gasteiger partial charge on any atom is -0.462 e. The summed E-state index contributed by atoms with van der Waals surface area (Å²) in [7, 11) is 0. The predicted octanol–water partition coefficient (Wildman–Crippen LogP) is 22.0. The van der Waals surface area contributed by atoms with Crippen molar-refractivity contribution in [2.45, 2.75) is 297 Å². The van der Waals surface area contributed by atoms with E-state index in [2.05, 4.69) is 142 Å². The number of hydrogen-bond acceptors (Lipinski definition) is 6. The van der Waals surface area contributed by atoms with Crippen LogP contribution < -0.4 is 0 Å². The van der Waals surface area contributed by atoms with E-state index in [1.54, 1.807) is 0 Å². The van der Waals surface area contributed by atoms with Gasteiger partial charge < -0.3 is 14.2 Å². The molecule has 1 atom stereocenters. The molecule has 0 aliphatic carbocycles. The third-order valence-electron chi connectivity index (χ3n) is 13.5. The molecule has 77 heavy (non-hydrogen) atoms. The first-order chi connectivity index (χ1) is 38.0. The van der Waals surface area contributed by atoms with Gasteiger partial charge in [-0.3, -0.25) is 14.4 Å². The van der Waals surface area contributed by atoms with E-state index in [-0.39, 0.29) is 37.5 Å². The first kappa shape index (κ1) is 72.8. The molecule has 6 nitrogen and oxygen atoms in total. The van der Waals surface area contributed by atoms with Crippen molar-refractivity contribution in [3.63, 3.8) is 0 Å². The van der Waals surface area contributed by atoms with Crippen LogP contribution >= 0.6 is 0 Å². The summed E-state index contributed by atoms with van der Waals surface area (Å²) in [5.74, 6) is -0.955. The average Bonchev–Trinajstić information content (AvgIpc) is 3.43. The van der Waals surface area contributed by atoms with Gasteiger partial charge >= 0.3 is 17.9 Å². The van der Waals surface area contributed by atoms with Crippen LogP contribution in [-0.2, 0) is 28.6 Å². The Labute approximate surface area is 475 Å². The number of carbonyl (C=O) groups excluding carboxylic acids is 3. The van der Waals surface area contributed by atoms with Gasteiger partial charge in [0, 0.05) is 19.3 Å². The van der Waals surface area contributed by atoms with Gasteiger partial charge in [-0.05, 0) is 103 Å². The van der Waals surface area contributed by atoms with Crippen LogP contribution in [0.2, 0.25) is 0 Å². The summed E-state index contributed by atoms with van der Waals surface area (Å²) in [5.41, 5.74) is 0. The van der Waals surface area contributed by atoms with Crippen molar-refractivity contribution in [2.24, 2.45) is 0 Å². The Balaban J connectivity index is 4.15. The van der Waals surface area contributed by atoms with Gasteiger partial charge in [0.15, 0.2) is 6.10 Å². The molecule has 0 radical (unpaired) electrons. The Bertz CT molecular complexity index is 1600. The second-order valence-corrected chi connectivity index (χ2v) is 20.9. The predicted molar refractivity (Wildman–Crippen MR) is 334 cm³/mol. The molecule has 0 saturated carbocycles. The molecular formula is C71H118O6. The van der Waals surface area contributed by atoms with Crippen molar-refractivity contribution >= 4 is 17.9 Å². The maximum absolute atomic E-state index is 12.8. The van der Waals surface area contributed by atoms with Gasteiger partial charge in [0.05, 0.1) is 0 Å². The van der Waals surface area contributed by atoms with Crippen LogP contribution in [0.3, 0.4) is 0 Å². The Kier molecular flexibility index (Phi) is 60.8. The molecule has 0 N–H and O–H groups in total. The zero-order valence-electron chi connectivity index (χ0n) is 50.2. The minimum absolute atomic E-state index is 0.0988. The molecule has 0 aliphatic heterocycles. The van der Waals surface area contributed by atoms with Gasteiger partial charge in [0.25, 0.3) is 0 Å². The summed E-state index contributed by atoms with van der Waals surface area (Å²) in [6.07, 6.45) is 89.5. The fourth-order valence-corrected chi connectivity index (χ4v) is 8.74. The highest BCUT2D eigenvalue weighted by atomic mass is 16.6. The molecule has 0 heterocycles. The number of allylic oxidation sites excluding steroid dienone is 20. The SMILES string of the molecule is CC/C=C\C/C=C\C/C=C\C/C=C\C/C=C\CCCCCCCCCCCCCCCCCCCC(=O)OCC(COC(=O)CCCCCCCCCCC)OC(=O)CCC/C=C\C/C=C\C/C=C\C/C=C\C/C=C\CC. The third-order valence-corrected chi connectivity index (χ3v) is 13.5. The summed E-state index contributed by atoms with van der Waals surface area (Å²) in [4.78, 5) is 38.1. The molecule has 0 bridgehead atoms. The fourth-order valence-electron chi connectivity index (χ4n) is 8.74. The van der Waals surface area contributed by atoms with Gasteiger partial charge in [-0.25, -0.2) is 0 Å². The van der Waals surface area contributed by atoms with Crippen molar-refractivity contribution in [3.05, 3.63) is 122 Å². The number of ether oxygens (including phenoxy) is 3. The summed E-state index contributed by atoms with van der Waals surface area (Å²) in [6, 6.07) is 0. The van der Waals surface area contributed by atoms with Crippen molar-refractivity contribution in [1.29, 1.82) is 0 Å². The van der Waals surface area contributed by atoms with E-state index >= 15 is 0 Å². The quantitative estimate of drug-likeness (QED) is 0.0261. The lowest BCUT2D eigenvalue weighted by Gasteiger charge is -2.18. The molecule has 0 aromatic heterocycles. The molecule has 0 spiro atoms. The van der Waals surface area contributed by atoms with E-state index in [1.165, 1.54) is 135 Å². The Morgan fingerprint density at radius 1 is 0.273 bits per heavy atom. The summed E-state index contributed by atoms with van der Waals surface area (Å²) < 4.78 is 16.8. The van der Waals surface area contributed by atoms with Crippen LogP contribution in [0.25, 0.3) is 0 Å². The van der Waals surface area contributed by atoms with Crippen molar-refractivity contribution in [2.75, 3.05) is 13.2 Å². The summed E-state index contributed by atoms with van der Waals surface area (Å²) in [5, 5.41) is 0. The summed E-state index contributed by atoms with van der Waals surface area (Å²) >= 11 is 0. The standard InChI is InChI=1S/C71H118O6/c1-4-7-10-13-16-19-21-23-25-27-28-29-30-31-32-33-34-35-36-37-38-39-40-41-42-44-45-47-49-52-55-58-61-64-70(73)76-67-68(66-75-69(72)63-60-57-54-51-18-15-12-9-6-3)77-71(74)65-62-59-56-53-50-48-46-43-26-24-22-20-17-14-11-8-5-2/h7-8,10-11,16-17,19-20,23-26,28-29,31-32,46,48,53,56,68H,4-6,9,12-15,18,21-22,27,30,33-45,47,49-52,54-55,57-67H2,1-3H3/b10-7-,11-8-,19-16-,20-17-,25-23-,26-24-,29-28-,32-31-,48-46-,56-53-. The van der Waals surface area contributed by atoms with Gasteiger partial charge in [0.1, 0.15) is 13.2 Å². The van der Waals surface area contributed by atoms with Crippen LogP contribution in [0.1, 0.15) is 290 Å². The minimum atomic E-state index is -0.806. The first-order valence-electron chi connectivity index (χ1n) is 32.0. The lowest BCUT2D eigenvalue weighted by atomic mass is 10.0. The Morgan fingerprint density at radius 3 is 0.831 bits per heavy atom. The van der Waals surface area contributed by atoms with Gasteiger partial charge in [-0.15, -0.1) is 0 Å². The summed E-state index contributed by atoms with van der Waals surface area (Å²) in [6.45, 7) is 6.36. The fraction of sp³-hybridized carbons (Fsp3) is 0.676. The van der Waals surface area contributed by atoms with E-state index in [9.17, 15) is 14.4 Å². The highest BCUT2D eigenvalue weighted by molar-refractivity contribution is 5.71. The molecule has 6 heteroatoms. The smallest absolute Gasteiger partial charge is 0.306 e. The maximum atomic E-state index is 12.8. The zero-order valence-corrected chi connectivity index (χ0v) is 50.2. The molecule has 1 unspecified atom stereocenters. The van der Waals surface area contributed by atoms with E-state index < -0.39 is 6.10 Å². The topological polar surface area (TPSA) is 78.9 Å². The average molecular weight is 1070 g/mol. The van der Waals surface area contributed by atoms with Crippen LogP contribution in [0, 0.1) is 0 Å². The van der Waals surface area contributed by atoms with Crippen molar-refractivity contribution < 1.29 is 28.6 Å². The Hall–Kier alpha value is -4.19. The normalized spacial score (nSPS) is 12.9. The van der Waals surface area contributed by atoms with E-state index in [1.807, 2.05) is 0 Å². The molecule has 0 fully saturated rings. The first-order valence-corrected chi connectivity index (χ1v) is 32.0. The monoisotopic (exact) mass is 1070 g/mol. The second-order valence-electron chi connectivity index (χ2n) is 20.9. The van der Waals surface area contributed by atoms with Crippen molar-refractivity contribution in [1.82, 2.24) is 0 Å². The van der Waals surface area contributed by atoms with Gasteiger partial charge in [-0.1, -0.05) is 290 Å². The van der Waals surface area contributed by atoms with Gasteiger partial charge in [0.2, 0.25) is 0 Å². The maximum Gasteiger partial charge on any atom is 0.306 e. The zero-order chi connectivity index (χ0) is 55.7. The van der Waals surface area contributed by atoms with Crippen LogP contribution in [-0.4, -0.2) is 37.2 Å². The van der Waals surface area contributed by atoms with E-state index in [4.69, 9.17) is 14.2 Å². The number of esters is 3. The van der Waals surface area contributed by atoms with E-state index in [0.717, 1.165) is 109 Å². The molecule has 0 aromatic rings. The largest absolute Gasteiger partial charge is 0.462 e. The third kappa shape index (κ3) is 62.5. The second kappa shape index (κ2) is 64.3. The lowest BCUT2D eigenvalue weighted by Crippen LogP contribution is -2.30. The molecule has 0 saturated heterocycles. The van der Waals surface area contributed by atoms with Crippen LogP contribution in [0.4, 0.5) is 0 Å². The van der Waals surface area contributed by atoms with Crippen LogP contribution in [0.5, 0.6) is 0 Å². The molecule has 0 amide bonds. The highest BCUT2D eigenvalue weighted by Gasteiger charge is 2.19. The molecule has 0 rings (SSSR count). The molecule has 0 aliphatic rings.